The molecule has 0 saturated carbocycles. The second-order valence-electron chi connectivity index (χ2n) is 7.70. The molecule has 0 aliphatic heterocycles. The lowest BCUT2D eigenvalue weighted by Gasteiger charge is -2.22. The second-order valence-corrected chi connectivity index (χ2v) is 8.61. The first-order valence-electron chi connectivity index (χ1n) is 8.23. The third-order valence-corrected chi connectivity index (χ3v) is 3.04. The highest BCUT2D eigenvalue weighted by molar-refractivity contribution is 9.10. The summed E-state index contributed by atoms with van der Waals surface area (Å²) in [6, 6.07) is 4.28. The van der Waals surface area contributed by atoms with Crippen LogP contribution in [-0.4, -0.2) is 29.3 Å². The first kappa shape index (κ1) is 22.9. The molecule has 0 spiro atoms. The minimum Gasteiger partial charge on any atom is -0.444 e. The summed E-state index contributed by atoms with van der Waals surface area (Å²) in [7, 11) is 0. The molecule has 0 fully saturated rings. The van der Waals surface area contributed by atoms with Gasteiger partial charge in [0.2, 0.25) is 5.96 Å². The van der Waals surface area contributed by atoms with Crippen molar-refractivity contribution in [3.63, 3.8) is 0 Å². The zero-order chi connectivity index (χ0) is 20.8. The van der Waals surface area contributed by atoms with Gasteiger partial charge in [-0.2, -0.15) is 0 Å². The van der Waals surface area contributed by atoms with Crippen molar-refractivity contribution in [2.24, 2.45) is 4.99 Å². The largest absolute Gasteiger partial charge is 0.444 e. The number of amides is 2. The number of carbonyl (C=O) groups is 2. The van der Waals surface area contributed by atoms with Gasteiger partial charge in [-0.3, -0.25) is 10.6 Å². The predicted octanol–water partition coefficient (Wildman–Crippen LogP) is 4.49. The van der Waals surface area contributed by atoms with Gasteiger partial charge in [-0.1, -0.05) is 15.9 Å². The van der Waals surface area contributed by atoms with Crippen LogP contribution in [0, 0.1) is 5.82 Å². The average Bonchev–Trinajstić information content (AvgIpc) is 2.39. The molecule has 0 radical (unpaired) electrons. The Labute approximate surface area is 166 Å². The molecule has 0 aliphatic carbocycles. The van der Waals surface area contributed by atoms with Gasteiger partial charge in [-0.15, -0.1) is 0 Å². The van der Waals surface area contributed by atoms with Crippen LogP contribution in [0.5, 0.6) is 0 Å². The van der Waals surface area contributed by atoms with Crippen LogP contribution in [0.4, 0.5) is 14.0 Å². The zero-order valence-electron chi connectivity index (χ0n) is 16.3. The molecule has 0 unspecified atom stereocenters. The molecule has 0 atom stereocenters. The van der Waals surface area contributed by atoms with Gasteiger partial charge in [0, 0.05) is 4.47 Å². The minimum absolute atomic E-state index is 0.0112. The van der Waals surface area contributed by atoms with Gasteiger partial charge in [-0.25, -0.2) is 19.0 Å². The van der Waals surface area contributed by atoms with Crippen molar-refractivity contribution in [3.05, 3.63) is 34.1 Å². The SMILES string of the molecule is CC(C)(C)OC(=O)NC(=NCc1cc(F)cc(Br)c1)NC(=O)OC(C)(C)C. The van der Waals surface area contributed by atoms with Crippen LogP contribution in [0.15, 0.2) is 27.7 Å². The Kier molecular flexibility index (Phi) is 7.77. The van der Waals surface area contributed by atoms with E-state index in [4.69, 9.17) is 9.47 Å². The van der Waals surface area contributed by atoms with E-state index in [0.717, 1.165) is 0 Å². The van der Waals surface area contributed by atoms with Crippen molar-refractivity contribution in [3.8, 4) is 0 Å². The van der Waals surface area contributed by atoms with Crippen LogP contribution in [0.3, 0.4) is 0 Å². The van der Waals surface area contributed by atoms with E-state index in [-0.39, 0.29) is 12.5 Å². The molecule has 2 N–H and O–H groups in total. The summed E-state index contributed by atoms with van der Waals surface area (Å²) in [5.74, 6) is -0.602. The first-order valence-corrected chi connectivity index (χ1v) is 9.02. The number of aliphatic imine (C=N–C) groups is 1. The number of nitrogens with one attached hydrogen (secondary N) is 2. The summed E-state index contributed by atoms with van der Waals surface area (Å²) in [4.78, 5) is 28.1. The summed E-state index contributed by atoms with van der Waals surface area (Å²) >= 11 is 3.20. The van der Waals surface area contributed by atoms with Gasteiger partial charge in [0.15, 0.2) is 0 Å². The van der Waals surface area contributed by atoms with E-state index in [1.165, 1.54) is 12.1 Å². The molecule has 9 heteroatoms. The van der Waals surface area contributed by atoms with Crippen molar-refractivity contribution < 1.29 is 23.5 Å². The van der Waals surface area contributed by atoms with Crippen LogP contribution in [0.1, 0.15) is 47.1 Å². The number of ether oxygens (including phenoxy) is 2. The molecule has 7 nitrogen and oxygen atoms in total. The quantitative estimate of drug-likeness (QED) is 0.518. The lowest BCUT2D eigenvalue weighted by atomic mass is 10.2. The average molecular weight is 446 g/mol. The van der Waals surface area contributed by atoms with Gasteiger partial charge in [0.1, 0.15) is 17.0 Å². The van der Waals surface area contributed by atoms with Crippen LogP contribution >= 0.6 is 15.9 Å². The molecule has 1 rings (SSSR count). The maximum atomic E-state index is 13.5. The molecular formula is C18H25BrFN3O4. The number of alkyl carbamates (subject to hydrolysis) is 2. The lowest BCUT2D eigenvalue weighted by Crippen LogP contribution is -2.47. The number of halogens is 2. The zero-order valence-corrected chi connectivity index (χ0v) is 17.9. The van der Waals surface area contributed by atoms with Crippen molar-refractivity contribution in [2.45, 2.75) is 59.3 Å². The van der Waals surface area contributed by atoms with E-state index in [1.807, 2.05) is 0 Å². The molecule has 0 aliphatic rings. The lowest BCUT2D eigenvalue weighted by molar-refractivity contribution is 0.0545. The monoisotopic (exact) mass is 445 g/mol. The Morgan fingerprint density at radius 1 is 1.00 bits per heavy atom. The Balaban J connectivity index is 2.94. The number of rotatable bonds is 2. The van der Waals surface area contributed by atoms with E-state index in [1.54, 1.807) is 47.6 Å². The Morgan fingerprint density at radius 2 is 1.48 bits per heavy atom. The smallest absolute Gasteiger partial charge is 0.414 e. The summed E-state index contributed by atoms with van der Waals surface area (Å²) in [6.07, 6.45) is -1.59. The number of hydrogen-bond donors (Lipinski definition) is 2. The van der Waals surface area contributed by atoms with Gasteiger partial charge < -0.3 is 9.47 Å². The summed E-state index contributed by atoms with van der Waals surface area (Å²) in [5, 5.41) is 4.72. The van der Waals surface area contributed by atoms with Gasteiger partial charge in [0.05, 0.1) is 6.54 Å². The first-order chi connectivity index (χ1) is 12.2. The third-order valence-electron chi connectivity index (χ3n) is 2.58. The standard InChI is InChI=1S/C18H25BrFN3O4/c1-17(2,3)26-15(24)22-14(23-16(25)27-18(4,5)6)21-10-11-7-12(19)9-13(20)8-11/h7-9H,10H2,1-6H3,(H2,21,22,23,24,25). The van der Waals surface area contributed by atoms with Crippen molar-refractivity contribution in [1.29, 1.82) is 0 Å². The molecule has 0 saturated heterocycles. The molecule has 2 amide bonds. The highest BCUT2D eigenvalue weighted by Crippen LogP contribution is 2.15. The molecule has 0 heterocycles. The molecule has 0 bridgehead atoms. The normalized spacial score (nSPS) is 11.4. The topological polar surface area (TPSA) is 89.0 Å². The van der Waals surface area contributed by atoms with Gasteiger partial charge in [0.25, 0.3) is 0 Å². The third kappa shape index (κ3) is 10.5. The Hall–Kier alpha value is -2.16. The van der Waals surface area contributed by atoms with E-state index in [9.17, 15) is 14.0 Å². The number of nitrogens with zero attached hydrogens (tertiary/aromatic N) is 1. The maximum absolute atomic E-state index is 13.5. The molecule has 1 aromatic rings. The molecule has 1 aromatic carbocycles. The van der Waals surface area contributed by atoms with Crippen LogP contribution in [0.2, 0.25) is 0 Å². The molecule has 150 valence electrons. The van der Waals surface area contributed by atoms with Crippen molar-refractivity contribution >= 4 is 34.1 Å². The van der Waals surface area contributed by atoms with Crippen molar-refractivity contribution in [1.82, 2.24) is 10.6 Å². The minimum atomic E-state index is -0.794. The van der Waals surface area contributed by atoms with Gasteiger partial charge in [-0.05, 0) is 65.3 Å². The summed E-state index contributed by atoms with van der Waals surface area (Å²) in [5.41, 5.74) is -0.917. The van der Waals surface area contributed by atoms with E-state index < -0.39 is 29.2 Å². The fourth-order valence-electron chi connectivity index (χ4n) is 1.78. The van der Waals surface area contributed by atoms with Gasteiger partial charge >= 0.3 is 12.2 Å². The number of carbonyl (C=O) groups excluding carboxylic acids is 2. The summed E-state index contributed by atoms with van der Waals surface area (Å²) < 4.78 is 24.3. The van der Waals surface area contributed by atoms with Crippen LogP contribution < -0.4 is 10.6 Å². The maximum Gasteiger partial charge on any atom is 0.414 e. The number of benzene rings is 1. The van der Waals surface area contributed by atoms with E-state index in [2.05, 4.69) is 31.6 Å². The van der Waals surface area contributed by atoms with E-state index in [0.29, 0.717) is 10.0 Å². The Morgan fingerprint density at radius 3 is 1.89 bits per heavy atom. The molecule has 0 aromatic heterocycles. The van der Waals surface area contributed by atoms with Crippen LogP contribution in [-0.2, 0) is 16.0 Å². The predicted molar refractivity (Wildman–Crippen MR) is 104 cm³/mol. The van der Waals surface area contributed by atoms with E-state index >= 15 is 0 Å². The molecule has 27 heavy (non-hydrogen) atoms. The summed E-state index contributed by atoms with van der Waals surface area (Å²) in [6.45, 7) is 10.2. The fraction of sp³-hybridized carbons (Fsp3) is 0.500. The second kappa shape index (κ2) is 9.16. The highest BCUT2D eigenvalue weighted by Gasteiger charge is 2.21. The number of hydrogen-bond acceptors (Lipinski definition) is 5. The fourth-order valence-corrected chi connectivity index (χ4v) is 2.30. The number of guanidine groups is 1. The highest BCUT2D eigenvalue weighted by atomic mass is 79.9. The molecular weight excluding hydrogens is 421 g/mol. The van der Waals surface area contributed by atoms with Crippen LogP contribution in [0.25, 0.3) is 0 Å². The Bertz CT molecular complexity index is 672. The van der Waals surface area contributed by atoms with Crippen molar-refractivity contribution in [2.75, 3.05) is 0 Å².